The standard InChI is InChI=1S/C15H13FN2OS/c1-19-14-5-3-2-4-10(14)9-18-13-7-6-11(16)8-12(13)17-15(18)20/h2-8H,9H2,1H3,(H,17,20). The van der Waals surface area contributed by atoms with Gasteiger partial charge in [-0.05, 0) is 36.5 Å². The Morgan fingerprint density at radius 2 is 2.05 bits per heavy atom. The molecule has 5 heteroatoms. The summed E-state index contributed by atoms with van der Waals surface area (Å²) in [7, 11) is 1.64. The fourth-order valence-electron chi connectivity index (χ4n) is 2.30. The molecule has 3 nitrogen and oxygen atoms in total. The maximum atomic E-state index is 13.2. The van der Waals surface area contributed by atoms with E-state index < -0.39 is 0 Å². The number of halogens is 1. The van der Waals surface area contributed by atoms with Crippen LogP contribution in [0.5, 0.6) is 5.75 Å². The van der Waals surface area contributed by atoms with E-state index in [0.29, 0.717) is 16.8 Å². The molecular formula is C15H13FN2OS. The molecule has 1 aromatic heterocycles. The van der Waals surface area contributed by atoms with Gasteiger partial charge in [0.2, 0.25) is 0 Å². The Bertz CT molecular complexity index is 822. The second-order valence-electron chi connectivity index (χ2n) is 4.49. The number of H-pyrrole nitrogens is 1. The fourth-order valence-corrected chi connectivity index (χ4v) is 2.57. The third-order valence-electron chi connectivity index (χ3n) is 3.26. The molecule has 20 heavy (non-hydrogen) atoms. The first-order valence-electron chi connectivity index (χ1n) is 6.19. The highest BCUT2D eigenvalue weighted by atomic mass is 32.1. The van der Waals surface area contributed by atoms with Crippen molar-refractivity contribution < 1.29 is 9.13 Å². The molecule has 0 saturated carbocycles. The van der Waals surface area contributed by atoms with Crippen LogP contribution in [0.4, 0.5) is 4.39 Å². The van der Waals surface area contributed by atoms with Crippen LogP contribution in [0.3, 0.4) is 0 Å². The Kier molecular flexibility index (Phi) is 3.28. The lowest BCUT2D eigenvalue weighted by atomic mass is 10.2. The summed E-state index contributed by atoms with van der Waals surface area (Å²) in [5.41, 5.74) is 2.60. The molecule has 2 aromatic carbocycles. The maximum absolute atomic E-state index is 13.2. The smallest absolute Gasteiger partial charge is 0.178 e. The second-order valence-corrected chi connectivity index (χ2v) is 4.88. The lowest BCUT2D eigenvalue weighted by Crippen LogP contribution is -2.01. The van der Waals surface area contributed by atoms with Crippen molar-refractivity contribution >= 4 is 23.3 Å². The van der Waals surface area contributed by atoms with Crippen LogP contribution < -0.4 is 4.74 Å². The van der Waals surface area contributed by atoms with Crippen molar-refractivity contribution in [2.45, 2.75) is 6.54 Å². The molecular weight excluding hydrogens is 275 g/mol. The van der Waals surface area contributed by atoms with Gasteiger partial charge in [0.15, 0.2) is 4.77 Å². The quantitative estimate of drug-likeness (QED) is 0.741. The number of nitrogens with zero attached hydrogens (tertiary/aromatic N) is 1. The Morgan fingerprint density at radius 3 is 2.85 bits per heavy atom. The van der Waals surface area contributed by atoms with E-state index in [0.717, 1.165) is 16.8 Å². The number of para-hydroxylation sites is 1. The number of aromatic amines is 1. The molecule has 102 valence electrons. The van der Waals surface area contributed by atoms with E-state index >= 15 is 0 Å². The van der Waals surface area contributed by atoms with Gasteiger partial charge in [0.25, 0.3) is 0 Å². The van der Waals surface area contributed by atoms with Gasteiger partial charge >= 0.3 is 0 Å². The highest BCUT2D eigenvalue weighted by molar-refractivity contribution is 7.71. The molecule has 0 bridgehead atoms. The van der Waals surface area contributed by atoms with E-state index in [2.05, 4.69) is 4.98 Å². The van der Waals surface area contributed by atoms with Crippen LogP contribution >= 0.6 is 12.2 Å². The fraction of sp³-hybridized carbons (Fsp3) is 0.133. The number of hydrogen-bond acceptors (Lipinski definition) is 2. The highest BCUT2D eigenvalue weighted by Gasteiger charge is 2.08. The molecule has 0 unspecified atom stereocenters. The third kappa shape index (κ3) is 2.20. The van der Waals surface area contributed by atoms with Crippen LogP contribution in [-0.2, 0) is 6.54 Å². The van der Waals surface area contributed by atoms with Gasteiger partial charge in [-0.1, -0.05) is 18.2 Å². The minimum absolute atomic E-state index is 0.279. The predicted molar refractivity (Wildman–Crippen MR) is 79.2 cm³/mol. The lowest BCUT2D eigenvalue weighted by molar-refractivity contribution is 0.408. The first kappa shape index (κ1) is 12.9. The van der Waals surface area contributed by atoms with Gasteiger partial charge in [-0.25, -0.2) is 4.39 Å². The van der Waals surface area contributed by atoms with Gasteiger partial charge in [0.05, 0.1) is 24.7 Å². The molecule has 1 heterocycles. The second kappa shape index (κ2) is 5.09. The minimum Gasteiger partial charge on any atom is -0.496 e. The van der Waals surface area contributed by atoms with E-state index in [1.54, 1.807) is 13.2 Å². The number of hydrogen-bond donors (Lipinski definition) is 1. The largest absolute Gasteiger partial charge is 0.496 e. The number of ether oxygens (including phenoxy) is 1. The summed E-state index contributed by atoms with van der Waals surface area (Å²) in [6.45, 7) is 0.578. The highest BCUT2D eigenvalue weighted by Crippen LogP contribution is 2.22. The van der Waals surface area contributed by atoms with Crippen molar-refractivity contribution in [3.8, 4) is 5.75 Å². The minimum atomic E-state index is -0.279. The van der Waals surface area contributed by atoms with Crippen molar-refractivity contribution in [3.63, 3.8) is 0 Å². The van der Waals surface area contributed by atoms with Crippen molar-refractivity contribution in [1.82, 2.24) is 9.55 Å². The Balaban J connectivity index is 2.11. The monoisotopic (exact) mass is 288 g/mol. The van der Waals surface area contributed by atoms with Crippen LogP contribution in [0.25, 0.3) is 11.0 Å². The zero-order chi connectivity index (χ0) is 14.1. The average Bonchev–Trinajstić information content (AvgIpc) is 2.75. The molecule has 0 atom stereocenters. The average molecular weight is 288 g/mol. The summed E-state index contributed by atoms with van der Waals surface area (Å²) in [6, 6.07) is 12.4. The summed E-state index contributed by atoms with van der Waals surface area (Å²) in [5, 5.41) is 0. The summed E-state index contributed by atoms with van der Waals surface area (Å²) in [5.74, 6) is 0.532. The first-order chi connectivity index (χ1) is 9.69. The zero-order valence-electron chi connectivity index (χ0n) is 10.9. The van der Waals surface area contributed by atoms with E-state index in [1.807, 2.05) is 28.8 Å². The summed E-state index contributed by atoms with van der Waals surface area (Å²) < 4.78 is 21.1. The third-order valence-corrected chi connectivity index (χ3v) is 3.58. The number of nitrogens with one attached hydrogen (secondary N) is 1. The van der Waals surface area contributed by atoms with Crippen LogP contribution in [0.1, 0.15) is 5.56 Å². The zero-order valence-corrected chi connectivity index (χ0v) is 11.7. The van der Waals surface area contributed by atoms with Gasteiger partial charge in [0, 0.05) is 5.56 Å². The number of benzene rings is 2. The lowest BCUT2D eigenvalue weighted by Gasteiger charge is -2.09. The molecule has 0 fully saturated rings. The van der Waals surface area contributed by atoms with Gasteiger partial charge in [0.1, 0.15) is 11.6 Å². The van der Waals surface area contributed by atoms with E-state index in [9.17, 15) is 4.39 Å². The molecule has 0 aliphatic carbocycles. The number of methoxy groups -OCH3 is 1. The first-order valence-corrected chi connectivity index (χ1v) is 6.60. The summed E-state index contributed by atoms with van der Waals surface area (Å²) >= 11 is 5.32. The van der Waals surface area contributed by atoms with Crippen molar-refractivity contribution in [3.05, 3.63) is 58.6 Å². The van der Waals surface area contributed by atoms with Gasteiger partial charge in [-0.2, -0.15) is 0 Å². The Morgan fingerprint density at radius 1 is 1.25 bits per heavy atom. The van der Waals surface area contributed by atoms with Crippen molar-refractivity contribution in [1.29, 1.82) is 0 Å². The molecule has 0 amide bonds. The van der Waals surface area contributed by atoms with Crippen LogP contribution in [-0.4, -0.2) is 16.7 Å². The van der Waals surface area contributed by atoms with E-state index in [4.69, 9.17) is 17.0 Å². The van der Waals surface area contributed by atoms with Crippen molar-refractivity contribution in [2.24, 2.45) is 0 Å². The number of imidazole rings is 1. The number of aromatic nitrogens is 2. The predicted octanol–water partition coefficient (Wildman–Crippen LogP) is 3.89. The van der Waals surface area contributed by atoms with Crippen LogP contribution in [0.15, 0.2) is 42.5 Å². The molecule has 3 rings (SSSR count). The van der Waals surface area contributed by atoms with E-state index in [-0.39, 0.29) is 5.82 Å². The molecule has 0 radical (unpaired) electrons. The molecule has 0 aliphatic rings. The molecule has 0 aliphatic heterocycles. The van der Waals surface area contributed by atoms with E-state index in [1.165, 1.54) is 12.1 Å². The van der Waals surface area contributed by atoms with Crippen molar-refractivity contribution in [2.75, 3.05) is 7.11 Å². The Hall–Kier alpha value is -2.14. The molecule has 0 saturated heterocycles. The maximum Gasteiger partial charge on any atom is 0.178 e. The summed E-state index contributed by atoms with van der Waals surface area (Å²) in [4.78, 5) is 3.02. The molecule has 3 aromatic rings. The van der Waals surface area contributed by atoms with Crippen LogP contribution in [0, 0.1) is 10.6 Å². The normalized spacial score (nSPS) is 10.9. The van der Waals surface area contributed by atoms with Gasteiger partial charge in [-0.3, -0.25) is 0 Å². The topological polar surface area (TPSA) is 29.9 Å². The number of fused-ring (bicyclic) bond motifs is 1. The summed E-state index contributed by atoms with van der Waals surface area (Å²) in [6.07, 6.45) is 0. The molecule has 0 spiro atoms. The molecule has 1 N–H and O–H groups in total. The SMILES string of the molecule is COc1ccccc1Cn1c(=S)[nH]c2cc(F)ccc21. The van der Waals surface area contributed by atoms with Gasteiger partial charge < -0.3 is 14.3 Å². The van der Waals surface area contributed by atoms with Gasteiger partial charge in [-0.15, -0.1) is 0 Å². The Labute approximate surface area is 120 Å². The van der Waals surface area contributed by atoms with Crippen LogP contribution in [0.2, 0.25) is 0 Å². The number of rotatable bonds is 3.